The first-order valence-corrected chi connectivity index (χ1v) is 7.59. The number of carboxylic acids is 1. The van der Waals surface area contributed by atoms with Crippen LogP contribution in [0.5, 0.6) is 0 Å². The summed E-state index contributed by atoms with van der Waals surface area (Å²) in [5.74, 6) is -4.24. The van der Waals surface area contributed by atoms with Crippen LogP contribution in [-0.4, -0.2) is 35.6 Å². The molecule has 0 aromatic heterocycles. The molecule has 25 heavy (non-hydrogen) atoms. The molecule has 1 aliphatic heterocycles. The van der Waals surface area contributed by atoms with E-state index in [9.17, 15) is 24.8 Å². The van der Waals surface area contributed by atoms with E-state index in [0.717, 1.165) is 0 Å². The predicted molar refractivity (Wildman–Crippen MR) is 87.9 cm³/mol. The molecule has 1 aliphatic rings. The molecule has 1 aromatic carbocycles. The first-order chi connectivity index (χ1) is 12.0. The van der Waals surface area contributed by atoms with Gasteiger partial charge < -0.3 is 9.84 Å². The molecule has 1 aromatic rings. The molecular formula is C18H16N2O5. The molecule has 0 radical (unpaired) electrons. The van der Waals surface area contributed by atoms with E-state index in [0.29, 0.717) is 11.8 Å². The Kier molecular flexibility index (Phi) is 5.45. The van der Waals surface area contributed by atoms with Crippen LogP contribution in [0.4, 0.5) is 0 Å². The molecule has 0 saturated heterocycles. The number of carboxylic acid groups (broad SMARTS) is 1. The lowest BCUT2D eigenvalue weighted by atomic mass is 9.74. The molecule has 0 aliphatic carbocycles. The number of hydrogen-bond acceptors (Lipinski definition) is 6. The van der Waals surface area contributed by atoms with Crippen molar-refractivity contribution in [3.8, 4) is 6.07 Å². The van der Waals surface area contributed by atoms with Gasteiger partial charge in [0.1, 0.15) is 11.6 Å². The second kappa shape index (κ2) is 7.53. The van der Waals surface area contributed by atoms with Gasteiger partial charge in [-0.3, -0.25) is 14.6 Å². The van der Waals surface area contributed by atoms with E-state index in [1.165, 1.54) is 13.0 Å². The van der Waals surface area contributed by atoms with Gasteiger partial charge in [-0.15, -0.1) is 0 Å². The van der Waals surface area contributed by atoms with Gasteiger partial charge in [0.05, 0.1) is 23.8 Å². The minimum Gasteiger partial charge on any atom is -0.481 e. The summed E-state index contributed by atoms with van der Waals surface area (Å²) in [5, 5.41) is 19.0. The molecule has 0 spiro atoms. The molecule has 2 atom stereocenters. The smallest absolute Gasteiger partial charge is 0.336 e. The second-order valence-electron chi connectivity index (χ2n) is 5.38. The lowest BCUT2D eigenvalue weighted by Gasteiger charge is -2.30. The first kappa shape index (κ1) is 18.1. The maximum Gasteiger partial charge on any atom is 0.336 e. The average molecular weight is 340 g/mol. The van der Waals surface area contributed by atoms with Crippen LogP contribution in [0.25, 0.3) is 0 Å². The van der Waals surface area contributed by atoms with Crippen LogP contribution in [0.2, 0.25) is 0 Å². The number of ether oxygens (including phenoxy) is 1. The van der Waals surface area contributed by atoms with E-state index in [2.05, 4.69) is 4.99 Å². The summed E-state index contributed by atoms with van der Waals surface area (Å²) < 4.78 is 5.00. The molecule has 2 unspecified atom stereocenters. The zero-order valence-electron chi connectivity index (χ0n) is 13.7. The van der Waals surface area contributed by atoms with E-state index in [1.54, 1.807) is 25.1 Å². The van der Waals surface area contributed by atoms with E-state index in [1.807, 2.05) is 6.07 Å². The third-order valence-corrected chi connectivity index (χ3v) is 3.96. The predicted octanol–water partition coefficient (Wildman–Crippen LogP) is 1.83. The van der Waals surface area contributed by atoms with Crippen LogP contribution >= 0.6 is 0 Å². The number of hydrogen-bond donors (Lipinski definition) is 1. The molecule has 128 valence electrons. The number of aldehydes is 1. The fraction of sp³-hybridized carbons (Fsp3) is 0.278. The lowest BCUT2D eigenvalue weighted by Crippen LogP contribution is -2.36. The number of esters is 1. The zero-order chi connectivity index (χ0) is 18.6. The summed E-state index contributed by atoms with van der Waals surface area (Å²) in [5.41, 5.74) is 0.429. The first-order valence-electron chi connectivity index (χ1n) is 7.59. The minimum atomic E-state index is -1.20. The number of nitriles is 1. The fourth-order valence-corrected chi connectivity index (χ4v) is 2.94. The molecule has 0 amide bonds. The van der Waals surface area contributed by atoms with Crippen LogP contribution in [0.1, 0.15) is 30.9 Å². The number of aliphatic imine (C=N–C) groups is 1. The SMILES string of the molecule is CCOC(=O)C1=C(C=O)N=C(C)C(C(=O)O)C1c1ccccc1C#N. The highest BCUT2D eigenvalue weighted by Gasteiger charge is 2.43. The molecule has 2 rings (SSSR count). The maximum absolute atomic E-state index is 12.4. The molecule has 7 nitrogen and oxygen atoms in total. The third-order valence-electron chi connectivity index (χ3n) is 3.96. The van der Waals surface area contributed by atoms with Crippen LogP contribution in [-0.2, 0) is 19.1 Å². The summed E-state index contributed by atoms with van der Waals surface area (Å²) in [4.78, 5) is 39.7. The Morgan fingerprint density at radius 3 is 2.64 bits per heavy atom. The van der Waals surface area contributed by atoms with Gasteiger partial charge in [0, 0.05) is 11.6 Å². The number of benzene rings is 1. The number of allylic oxidation sites excluding steroid dienone is 1. The van der Waals surface area contributed by atoms with Gasteiger partial charge in [-0.2, -0.15) is 5.26 Å². The molecule has 7 heteroatoms. The van der Waals surface area contributed by atoms with E-state index in [4.69, 9.17) is 4.74 Å². The average Bonchev–Trinajstić information content (AvgIpc) is 2.60. The highest BCUT2D eigenvalue weighted by atomic mass is 16.5. The van der Waals surface area contributed by atoms with Gasteiger partial charge in [0.2, 0.25) is 0 Å². The van der Waals surface area contributed by atoms with Crippen molar-refractivity contribution < 1.29 is 24.2 Å². The largest absolute Gasteiger partial charge is 0.481 e. The van der Waals surface area contributed by atoms with Gasteiger partial charge in [0.15, 0.2) is 6.29 Å². The number of rotatable bonds is 5. The molecule has 1 heterocycles. The van der Waals surface area contributed by atoms with Crippen LogP contribution in [0.3, 0.4) is 0 Å². The Morgan fingerprint density at radius 2 is 2.08 bits per heavy atom. The van der Waals surface area contributed by atoms with E-state index in [-0.39, 0.29) is 29.2 Å². The number of aliphatic carboxylic acids is 1. The molecule has 1 N–H and O–H groups in total. The van der Waals surface area contributed by atoms with E-state index >= 15 is 0 Å². The Hall–Kier alpha value is -3.27. The fourth-order valence-electron chi connectivity index (χ4n) is 2.94. The van der Waals surface area contributed by atoms with Crippen molar-refractivity contribution in [3.05, 3.63) is 46.7 Å². The summed E-state index contributed by atoms with van der Waals surface area (Å²) in [6, 6.07) is 8.36. The molecule has 0 fully saturated rings. The van der Waals surface area contributed by atoms with Crippen molar-refractivity contribution in [2.75, 3.05) is 6.61 Å². The number of carbonyl (C=O) groups is 3. The number of nitrogens with zero attached hydrogens (tertiary/aromatic N) is 2. The van der Waals surface area contributed by atoms with Crippen LogP contribution in [0.15, 0.2) is 40.5 Å². The van der Waals surface area contributed by atoms with Crippen molar-refractivity contribution >= 4 is 23.9 Å². The van der Waals surface area contributed by atoms with Crippen LogP contribution in [0, 0.1) is 17.2 Å². The quantitative estimate of drug-likeness (QED) is 0.645. The molecule has 0 saturated carbocycles. The Bertz CT molecular complexity index is 832. The highest BCUT2D eigenvalue weighted by molar-refractivity contribution is 6.09. The molecular weight excluding hydrogens is 324 g/mol. The minimum absolute atomic E-state index is 0.0571. The van der Waals surface area contributed by atoms with Gasteiger partial charge >= 0.3 is 11.9 Å². The maximum atomic E-state index is 12.4. The van der Waals surface area contributed by atoms with Gasteiger partial charge in [0.25, 0.3) is 0 Å². The van der Waals surface area contributed by atoms with Gasteiger partial charge in [-0.05, 0) is 25.5 Å². The van der Waals surface area contributed by atoms with Crippen LogP contribution < -0.4 is 0 Å². The summed E-state index contributed by atoms with van der Waals surface area (Å²) in [6.45, 7) is 3.14. The van der Waals surface area contributed by atoms with Crippen molar-refractivity contribution in [1.82, 2.24) is 0 Å². The van der Waals surface area contributed by atoms with Crippen molar-refractivity contribution in [3.63, 3.8) is 0 Å². The third kappa shape index (κ3) is 3.33. The summed E-state index contributed by atoms with van der Waals surface area (Å²) >= 11 is 0. The van der Waals surface area contributed by atoms with Crippen molar-refractivity contribution in [1.29, 1.82) is 5.26 Å². The van der Waals surface area contributed by atoms with E-state index < -0.39 is 23.8 Å². The highest BCUT2D eigenvalue weighted by Crippen LogP contribution is 2.40. The zero-order valence-corrected chi connectivity index (χ0v) is 13.7. The number of carbonyl (C=O) groups excluding carboxylic acids is 2. The van der Waals surface area contributed by atoms with Gasteiger partial charge in [-0.1, -0.05) is 18.2 Å². The Morgan fingerprint density at radius 1 is 1.40 bits per heavy atom. The normalized spacial score (nSPS) is 19.6. The molecule has 0 bridgehead atoms. The Labute approximate surface area is 144 Å². The van der Waals surface area contributed by atoms with Crippen molar-refractivity contribution in [2.45, 2.75) is 19.8 Å². The standard InChI is InChI=1S/C18H16N2O5/c1-3-25-18(24)16-13(9-21)20-10(2)14(17(22)23)15(16)12-7-5-4-6-11(12)8-19/h4-7,9,14-15H,3H2,1-2H3,(H,22,23). The summed E-state index contributed by atoms with van der Waals surface area (Å²) in [6.07, 6.45) is 0.399. The second-order valence-corrected chi connectivity index (χ2v) is 5.38. The summed E-state index contributed by atoms with van der Waals surface area (Å²) in [7, 11) is 0. The lowest BCUT2D eigenvalue weighted by molar-refractivity contribution is -0.141. The topological polar surface area (TPSA) is 117 Å². The Balaban J connectivity index is 2.79. The monoisotopic (exact) mass is 340 g/mol. The van der Waals surface area contributed by atoms with Crippen molar-refractivity contribution in [2.24, 2.45) is 10.9 Å². The van der Waals surface area contributed by atoms with Gasteiger partial charge in [-0.25, -0.2) is 4.79 Å².